The average Bonchev–Trinajstić information content (AvgIpc) is 2.79. The van der Waals surface area contributed by atoms with E-state index in [1.807, 2.05) is 30.1 Å². The van der Waals surface area contributed by atoms with Crippen LogP contribution in [0.2, 0.25) is 0 Å². The van der Waals surface area contributed by atoms with Crippen LogP contribution in [0.3, 0.4) is 0 Å². The lowest BCUT2D eigenvalue weighted by atomic mass is 10.0. The fourth-order valence-electron chi connectivity index (χ4n) is 2.55. The number of fused-ring (bicyclic) bond motifs is 1. The molecular weight excluding hydrogens is 250 g/mol. The normalized spacial score (nSPS) is 12.8. The van der Waals surface area contributed by atoms with Gasteiger partial charge in [-0.3, -0.25) is 4.79 Å². The summed E-state index contributed by atoms with van der Waals surface area (Å²) in [6, 6.07) is 5.80. The van der Waals surface area contributed by atoms with Crippen molar-refractivity contribution in [2.45, 2.75) is 33.2 Å². The summed E-state index contributed by atoms with van der Waals surface area (Å²) >= 11 is 0. The number of carbonyl (C=O) groups excluding carboxylic acids is 1. The molecule has 1 aromatic carbocycles. The Kier molecular flexibility index (Phi) is 4.02. The third kappa shape index (κ3) is 2.79. The maximum absolute atomic E-state index is 12.6. The van der Waals surface area contributed by atoms with Gasteiger partial charge in [-0.1, -0.05) is 13.8 Å². The molecule has 1 unspecified atom stereocenters. The Hall–Kier alpha value is -1.97. The number of nitrogen functional groups attached to an aromatic ring is 1. The highest BCUT2D eigenvalue weighted by Gasteiger charge is 2.21. The molecular formula is C16H23N3O. The Morgan fingerprint density at radius 3 is 2.70 bits per heavy atom. The molecule has 0 bridgehead atoms. The third-order valence-electron chi connectivity index (χ3n) is 3.73. The highest BCUT2D eigenvalue weighted by atomic mass is 16.2. The van der Waals surface area contributed by atoms with Crippen molar-refractivity contribution < 1.29 is 4.79 Å². The van der Waals surface area contributed by atoms with Gasteiger partial charge in [0, 0.05) is 35.9 Å². The summed E-state index contributed by atoms with van der Waals surface area (Å²) in [6.07, 6.45) is 2.76. The minimum Gasteiger partial charge on any atom is -0.399 e. The van der Waals surface area contributed by atoms with E-state index in [0.717, 1.165) is 17.3 Å². The van der Waals surface area contributed by atoms with Crippen LogP contribution in [0, 0.1) is 5.92 Å². The van der Waals surface area contributed by atoms with Gasteiger partial charge in [0.1, 0.15) is 0 Å². The summed E-state index contributed by atoms with van der Waals surface area (Å²) in [7, 11) is 1.86. The predicted octanol–water partition coefficient (Wildman–Crippen LogP) is 3.26. The van der Waals surface area contributed by atoms with Crippen LogP contribution in [-0.4, -0.2) is 28.9 Å². The van der Waals surface area contributed by atoms with Crippen LogP contribution >= 0.6 is 0 Å². The summed E-state index contributed by atoms with van der Waals surface area (Å²) in [5.41, 5.74) is 8.11. The molecule has 20 heavy (non-hydrogen) atoms. The number of nitrogens with two attached hydrogens (primary N) is 1. The van der Waals surface area contributed by atoms with Crippen molar-refractivity contribution in [3.05, 3.63) is 30.0 Å². The maximum atomic E-state index is 12.6. The van der Waals surface area contributed by atoms with E-state index in [1.165, 1.54) is 0 Å². The molecule has 0 aliphatic carbocycles. The number of anilines is 1. The molecule has 0 fully saturated rings. The number of H-pyrrole nitrogens is 1. The number of nitrogens with one attached hydrogen (secondary N) is 1. The second-order valence-electron chi connectivity index (χ2n) is 5.90. The second-order valence-corrected chi connectivity index (χ2v) is 5.90. The average molecular weight is 273 g/mol. The zero-order valence-electron chi connectivity index (χ0n) is 12.6. The first-order chi connectivity index (χ1) is 9.40. The van der Waals surface area contributed by atoms with E-state index in [0.29, 0.717) is 17.2 Å². The molecule has 1 atom stereocenters. The lowest BCUT2D eigenvalue weighted by molar-refractivity contribution is 0.0730. The summed E-state index contributed by atoms with van der Waals surface area (Å²) in [5, 5.41) is 0.888. The molecule has 4 nitrogen and oxygen atoms in total. The van der Waals surface area contributed by atoms with E-state index in [2.05, 4.69) is 25.8 Å². The van der Waals surface area contributed by atoms with Gasteiger partial charge in [-0.25, -0.2) is 0 Å². The highest BCUT2D eigenvalue weighted by molar-refractivity contribution is 6.07. The van der Waals surface area contributed by atoms with Crippen LogP contribution in [0.1, 0.15) is 37.6 Å². The first kappa shape index (κ1) is 14.4. The zero-order chi connectivity index (χ0) is 14.9. The van der Waals surface area contributed by atoms with Gasteiger partial charge in [0.05, 0.1) is 5.56 Å². The third-order valence-corrected chi connectivity index (χ3v) is 3.73. The van der Waals surface area contributed by atoms with E-state index in [1.54, 1.807) is 6.20 Å². The summed E-state index contributed by atoms with van der Waals surface area (Å²) in [6.45, 7) is 6.42. The monoisotopic (exact) mass is 273 g/mol. The molecule has 1 amide bonds. The number of carbonyl (C=O) groups is 1. The Morgan fingerprint density at radius 2 is 2.05 bits per heavy atom. The molecule has 0 spiro atoms. The molecule has 0 aliphatic rings. The standard InChI is InChI=1S/C16H23N3O/c1-10(2)7-11(3)19(4)16(20)14-9-18-15-6-5-12(17)8-13(14)15/h5-6,8-11,18H,7,17H2,1-4H3. The molecule has 0 saturated carbocycles. The van der Waals surface area contributed by atoms with E-state index in [-0.39, 0.29) is 11.9 Å². The first-order valence-corrected chi connectivity index (χ1v) is 7.04. The minimum absolute atomic E-state index is 0.0370. The van der Waals surface area contributed by atoms with Crippen molar-refractivity contribution >= 4 is 22.5 Å². The van der Waals surface area contributed by atoms with Crippen molar-refractivity contribution in [2.75, 3.05) is 12.8 Å². The Balaban J connectivity index is 2.29. The molecule has 3 N–H and O–H groups in total. The van der Waals surface area contributed by atoms with Crippen molar-refractivity contribution in [1.29, 1.82) is 0 Å². The first-order valence-electron chi connectivity index (χ1n) is 7.04. The van der Waals surface area contributed by atoms with Gasteiger partial charge in [-0.15, -0.1) is 0 Å². The van der Waals surface area contributed by atoms with Gasteiger partial charge in [0.25, 0.3) is 5.91 Å². The zero-order valence-corrected chi connectivity index (χ0v) is 12.6. The van der Waals surface area contributed by atoms with E-state index >= 15 is 0 Å². The van der Waals surface area contributed by atoms with Gasteiger partial charge in [-0.05, 0) is 37.5 Å². The second kappa shape index (κ2) is 5.57. The fourth-order valence-corrected chi connectivity index (χ4v) is 2.55. The van der Waals surface area contributed by atoms with E-state index in [4.69, 9.17) is 5.73 Å². The maximum Gasteiger partial charge on any atom is 0.256 e. The number of amides is 1. The number of hydrogen-bond donors (Lipinski definition) is 2. The molecule has 2 rings (SSSR count). The SMILES string of the molecule is CC(C)CC(C)N(C)C(=O)c1c[nH]c2ccc(N)cc12. The largest absolute Gasteiger partial charge is 0.399 e. The van der Waals surface area contributed by atoms with Gasteiger partial charge >= 0.3 is 0 Å². The van der Waals surface area contributed by atoms with Crippen LogP contribution in [-0.2, 0) is 0 Å². The molecule has 2 aromatic rings. The molecule has 1 heterocycles. The van der Waals surface area contributed by atoms with Crippen molar-refractivity contribution in [3.8, 4) is 0 Å². The van der Waals surface area contributed by atoms with Gasteiger partial charge < -0.3 is 15.6 Å². The number of benzene rings is 1. The number of aromatic amines is 1. The van der Waals surface area contributed by atoms with Crippen LogP contribution in [0.4, 0.5) is 5.69 Å². The number of rotatable bonds is 4. The summed E-state index contributed by atoms with van der Waals surface area (Å²) < 4.78 is 0. The van der Waals surface area contributed by atoms with E-state index < -0.39 is 0 Å². The van der Waals surface area contributed by atoms with Crippen LogP contribution in [0.25, 0.3) is 10.9 Å². The van der Waals surface area contributed by atoms with Crippen molar-refractivity contribution in [1.82, 2.24) is 9.88 Å². The van der Waals surface area contributed by atoms with Crippen molar-refractivity contribution in [2.24, 2.45) is 5.92 Å². The molecule has 4 heteroatoms. The molecule has 0 saturated heterocycles. The number of hydrogen-bond acceptors (Lipinski definition) is 2. The van der Waals surface area contributed by atoms with Gasteiger partial charge in [0.15, 0.2) is 0 Å². The molecule has 108 valence electrons. The lowest BCUT2D eigenvalue weighted by Gasteiger charge is -2.26. The minimum atomic E-state index is 0.0370. The lowest BCUT2D eigenvalue weighted by Crippen LogP contribution is -2.35. The molecule has 1 aromatic heterocycles. The van der Waals surface area contributed by atoms with Crippen LogP contribution in [0.15, 0.2) is 24.4 Å². The number of nitrogens with zero attached hydrogens (tertiary/aromatic N) is 1. The Labute approximate surface area is 120 Å². The van der Waals surface area contributed by atoms with Crippen LogP contribution < -0.4 is 5.73 Å². The Morgan fingerprint density at radius 1 is 1.35 bits per heavy atom. The van der Waals surface area contributed by atoms with Crippen LogP contribution in [0.5, 0.6) is 0 Å². The van der Waals surface area contributed by atoms with E-state index in [9.17, 15) is 4.79 Å². The summed E-state index contributed by atoms with van der Waals surface area (Å²) in [4.78, 5) is 17.6. The smallest absolute Gasteiger partial charge is 0.256 e. The quantitative estimate of drug-likeness (QED) is 0.840. The highest BCUT2D eigenvalue weighted by Crippen LogP contribution is 2.23. The topological polar surface area (TPSA) is 62.1 Å². The number of aromatic nitrogens is 1. The van der Waals surface area contributed by atoms with Crippen molar-refractivity contribution in [3.63, 3.8) is 0 Å². The van der Waals surface area contributed by atoms with Gasteiger partial charge in [-0.2, -0.15) is 0 Å². The summed E-state index contributed by atoms with van der Waals surface area (Å²) in [5.74, 6) is 0.605. The molecule has 0 aliphatic heterocycles. The fraction of sp³-hybridized carbons (Fsp3) is 0.438. The predicted molar refractivity (Wildman–Crippen MR) is 83.7 cm³/mol. The Bertz CT molecular complexity index is 615. The molecule has 0 radical (unpaired) electrons. The van der Waals surface area contributed by atoms with Gasteiger partial charge in [0.2, 0.25) is 0 Å².